The maximum absolute atomic E-state index is 12.0. The van der Waals surface area contributed by atoms with Crippen LogP contribution in [0.1, 0.15) is 18.9 Å². The number of carbonyl (C=O) groups is 2. The van der Waals surface area contributed by atoms with E-state index >= 15 is 0 Å². The summed E-state index contributed by atoms with van der Waals surface area (Å²) in [6, 6.07) is -1.29. The first-order valence-electron chi connectivity index (χ1n) is 8.85. The molecule has 3 rings (SSSR count). The molecule has 2 aliphatic rings. The number of urea groups is 1. The molecule has 2 aliphatic heterocycles. The molecule has 152 valence electrons. The SMILES string of the molecule is C=CC(=NC1=C(CC)COC(C2NC(=O)NC2=O)=C1)c1cnc(OC)nc1OC. The number of aromatic nitrogens is 2. The number of aliphatic imine (C=N–C) groups is 1. The van der Waals surface area contributed by atoms with E-state index in [1.807, 2.05) is 6.92 Å². The molecular formula is C19H21N5O5. The second-order valence-electron chi connectivity index (χ2n) is 6.05. The summed E-state index contributed by atoms with van der Waals surface area (Å²) in [5.41, 5.74) is 2.53. The van der Waals surface area contributed by atoms with Crippen molar-refractivity contribution >= 4 is 17.6 Å². The van der Waals surface area contributed by atoms with Gasteiger partial charge in [0.1, 0.15) is 12.4 Å². The third-order valence-corrected chi connectivity index (χ3v) is 4.36. The smallest absolute Gasteiger partial charge is 0.322 e. The molecule has 29 heavy (non-hydrogen) atoms. The first-order chi connectivity index (χ1) is 14.0. The van der Waals surface area contributed by atoms with E-state index in [1.54, 1.807) is 12.2 Å². The Balaban J connectivity index is 2.02. The average Bonchev–Trinajstić information content (AvgIpc) is 3.09. The van der Waals surface area contributed by atoms with E-state index in [0.717, 1.165) is 5.57 Å². The lowest BCUT2D eigenvalue weighted by molar-refractivity contribution is -0.120. The number of hydrogen-bond acceptors (Lipinski definition) is 8. The third kappa shape index (κ3) is 4.10. The first kappa shape index (κ1) is 20.1. The second-order valence-corrected chi connectivity index (χ2v) is 6.05. The van der Waals surface area contributed by atoms with Crippen LogP contribution >= 0.6 is 0 Å². The number of allylic oxidation sites excluding steroid dienone is 2. The molecule has 1 fully saturated rings. The quantitative estimate of drug-likeness (QED) is 0.522. The van der Waals surface area contributed by atoms with Gasteiger partial charge in [0.15, 0.2) is 6.04 Å². The molecule has 10 nitrogen and oxygen atoms in total. The van der Waals surface area contributed by atoms with Gasteiger partial charge in [-0.25, -0.2) is 14.8 Å². The zero-order valence-electron chi connectivity index (χ0n) is 16.3. The molecular weight excluding hydrogens is 378 g/mol. The van der Waals surface area contributed by atoms with Crippen LogP contribution in [0.3, 0.4) is 0 Å². The summed E-state index contributed by atoms with van der Waals surface area (Å²) < 4.78 is 16.0. The average molecular weight is 399 g/mol. The number of nitrogens with zero attached hydrogens (tertiary/aromatic N) is 3. The van der Waals surface area contributed by atoms with E-state index in [0.29, 0.717) is 29.2 Å². The molecule has 1 aromatic heterocycles. The first-order valence-corrected chi connectivity index (χ1v) is 8.85. The van der Waals surface area contributed by atoms with Crippen LogP contribution in [0.4, 0.5) is 4.79 Å². The molecule has 0 aromatic carbocycles. The normalized spacial score (nSPS) is 19.2. The van der Waals surface area contributed by atoms with Crippen LogP contribution < -0.4 is 20.1 Å². The molecule has 3 amide bonds. The van der Waals surface area contributed by atoms with Crippen molar-refractivity contribution in [2.24, 2.45) is 4.99 Å². The van der Waals surface area contributed by atoms with Crippen molar-refractivity contribution in [3.8, 4) is 11.9 Å². The van der Waals surface area contributed by atoms with Crippen molar-refractivity contribution < 1.29 is 23.8 Å². The van der Waals surface area contributed by atoms with Crippen molar-refractivity contribution in [3.63, 3.8) is 0 Å². The summed E-state index contributed by atoms with van der Waals surface area (Å²) in [4.78, 5) is 36.3. The Hall–Kier alpha value is -3.69. The molecule has 1 aromatic rings. The highest BCUT2D eigenvalue weighted by Crippen LogP contribution is 2.26. The Kier molecular flexibility index (Phi) is 5.91. The molecule has 0 spiro atoms. The van der Waals surface area contributed by atoms with Gasteiger partial charge >= 0.3 is 12.0 Å². The summed E-state index contributed by atoms with van der Waals surface area (Å²) in [5.74, 6) is 0.122. The Morgan fingerprint density at radius 3 is 2.79 bits per heavy atom. The van der Waals surface area contributed by atoms with E-state index in [2.05, 4.69) is 32.2 Å². The highest BCUT2D eigenvalue weighted by atomic mass is 16.5. The van der Waals surface area contributed by atoms with Crippen LogP contribution in [0.5, 0.6) is 11.9 Å². The van der Waals surface area contributed by atoms with Crippen molar-refractivity contribution in [3.05, 3.63) is 47.5 Å². The summed E-state index contributed by atoms with van der Waals surface area (Å²) >= 11 is 0. The Morgan fingerprint density at radius 2 is 2.21 bits per heavy atom. The number of hydrogen-bond donors (Lipinski definition) is 2. The number of ether oxygens (including phenoxy) is 3. The van der Waals surface area contributed by atoms with E-state index in [4.69, 9.17) is 14.2 Å². The fourth-order valence-corrected chi connectivity index (χ4v) is 2.83. The number of carbonyl (C=O) groups excluding carboxylic acids is 2. The summed E-state index contributed by atoms with van der Waals surface area (Å²) in [7, 11) is 2.94. The Morgan fingerprint density at radius 1 is 1.41 bits per heavy atom. The third-order valence-electron chi connectivity index (χ3n) is 4.36. The standard InChI is InChI=1S/C19H21N5O5/c1-5-10-9-29-14(15-16(25)23-18(26)22-15)7-13(10)21-12(6-2)11-8-20-19(28-4)24-17(11)27-3/h6-8,15H,2,5,9H2,1,3-4H3,(H2,22,23,25,26). The van der Waals surface area contributed by atoms with Crippen molar-refractivity contribution in [1.82, 2.24) is 20.6 Å². The molecule has 0 radical (unpaired) electrons. The van der Waals surface area contributed by atoms with Gasteiger partial charge < -0.3 is 19.5 Å². The van der Waals surface area contributed by atoms with Gasteiger partial charge in [-0.05, 0) is 18.1 Å². The molecule has 0 aliphatic carbocycles. The van der Waals surface area contributed by atoms with Gasteiger partial charge in [-0.2, -0.15) is 4.98 Å². The molecule has 10 heteroatoms. The molecule has 3 heterocycles. The van der Waals surface area contributed by atoms with Crippen LogP contribution in [-0.4, -0.2) is 54.5 Å². The number of amides is 3. The highest BCUT2D eigenvalue weighted by molar-refractivity contribution is 6.10. The topological polar surface area (TPSA) is 124 Å². The van der Waals surface area contributed by atoms with Gasteiger partial charge in [-0.15, -0.1) is 0 Å². The van der Waals surface area contributed by atoms with E-state index in [9.17, 15) is 9.59 Å². The summed E-state index contributed by atoms with van der Waals surface area (Å²) in [5, 5.41) is 4.70. The van der Waals surface area contributed by atoms with E-state index < -0.39 is 18.0 Å². The number of rotatable bonds is 7. The maximum atomic E-state index is 12.0. The number of methoxy groups -OCH3 is 2. The molecule has 1 saturated heterocycles. The van der Waals surface area contributed by atoms with Gasteiger partial charge in [0.2, 0.25) is 5.88 Å². The minimum Gasteiger partial charge on any atom is -0.491 e. The van der Waals surface area contributed by atoms with Crippen LogP contribution in [-0.2, 0) is 9.53 Å². The van der Waals surface area contributed by atoms with Gasteiger partial charge in [0.25, 0.3) is 5.91 Å². The second kappa shape index (κ2) is 8.55. The van der Waals surface area contributed by atoms with E-state index in [-0.39, 0.29) is 18.5 Å². The molecule has 2 N–H and O–H groups in total. The Labute approximate surface area is 167 Å². The Bertz CT molecular complexity index is 950. The van der Waals surface area contributed by atoms with Crippen LogP contribution in [0, 0.1) is 0 Å². The van der Waals surface area contributed by atoms with Crippen molar-refractivity contribution in [1.29, 1.82) is 0 Å². The summed E-state index contributed by atoms with van der Waals surface area (Å²) in [6.07, 6.45) is 5.41. The van der Waals surface area contributed by atoms with Gasteiger partial charge in [0.05, 0.1) is 31.2 Å². The fourth-order valence-electron chi connectivity index (χ4n) is 2.83. The number of imide groups is 1. The zero-order valence-corrected chi connectivity index (χ0v) is 16.3. The lowest BCUT2D eigenvalue weighted by atomic mass is 10.1. The van der Waals surface area contributed by atoms with Crippen LogP contribution in [0.15, 0.2) is 46.9 Å². The maximum Gasteiger partial charge on any atom is 0.322 e. The van der Waals surface area contributed by atoms with Crippen molar-refractivity contribution in [2.45, 2.75) is 19.4 Å². The predicted molar refractivity (Wildman–Crippen MR) is 104 cm³/mol. The molecule has 0 saturated carbocycles. The largest absolute Gasteiger partial charge is 0.491 e. The monoisotopic (exact) mass is 399 g/mol. The lowest BCUT2D eigenvalue weighted by Gasteiger charge is -2.21. The minimum atomic E-state index is -0.892. The zero-order chi connectivity index (χ0) is 21.0. The van der Waals surface area contributed by atoms with Gasteiger partial charge in [-0.1, -0.05) is 13.5 Å². The summed E-state index contributed by atoms with van der Waals surface area (Å²) in [6.45, 7) is 6.05. The fraction of sp³-hybridized carbons (Fsp3) is 0.316. The van der Waals surface area contributed by atoms with Gasteiger partial charge in [0, 0.05) is 12.3 Å². The van der Waals surface area contributed by atoms with Gasteiger partial charge in [-0.3, -0.25) is 10.1 Å². The minimum absolute atomic E-state index is 0.165. The molecule has 1 atom stereocenters. The molecule has 0 bridgehead atoms. The predicted octanol–water partition coefficient (Wildman–Crippen LogP) is 1.26. The van der Waals surface area contributed by atoms with Crippen molar-refractivity contribution in [2.75, 3.05) is 20.8 Å². The van der Waals surface area contributed by atoms with Crippen LogP contribution in [0.25, 0.3) is 0 Å². The molecule has 1 unspecified atom stereocenters. The number of nitrogens with one attached hydrogen (secondary N) is 2. The lowest BCUT2D eigenvalue weighted by Crippen LogP contribution is -2.33. The van der Waals surface area contributed by atoms with E-state index in [1.165, 1.54) is 20.4 Å². The van der Waals surface area contributed by atoms with Crippen LogP contribution in [0.2, 0.25) is 0 Å². The highest BCUT2D eigenvalue weighted by Gasteiger charge is 2.35.